The maximum atomic E-state index is 14.0. The van der Waals surface area contributed by atoms with E-state index < -0.39 is 11.6 Å². The number of benzene rings is 1. The monoisotopic (exact) mass is 301 g/mol. The maximum absolute atomic E-state index is 14.0. The van der Waals surface area contributed by atoms with Crippen molar-refractivity contribution in [1.82, 2.24) is 14.6 Å². The van der Waals surface area contributed by atoms with Crippen LogP contribution in [-0.4, -0.2) is 20.6 Å². The average molecular weight is 301 g/mol. The van der Waals surface area contributed by atoms with Crippen LogP contribution in [0.2, 0.25) is 0 Å². The topological polar surface area (TPSA) is 54.2 Å². The molecule has 22 heavy (non-hydrogen) atoms. The summed E-state index contributed by atoms with van der Waals surface area (Å²) in [5.41, 5.74) is 0.901. The van der Waals surface area contributed by atoms with Crippen LogP contribution in [0.15, 0.2) is 36.7 Å². The molecule has 3 aromatic rings. The summed E-state index contributed by atoms with van der Waals surface area (Å²) in [5, 5.41) is 9.80. The molecule has 1 aliphatic carbocycles. The molecule has 2 aromatic heterocycles. The van der Waals surface area contributed by atoms with E-state index in [1.54, 1.807) is 29.0 Å². The Hall–Kier alpha value is -2.70. The van der Waals surface area contributed by atoms with Crippen molar-refractivity contribution >= 4 is 22.8 Å². The zero-order valence-corrected chi connectivity index (χ0v) is 11.6. The van der Waals surface area contributed by atoms with Gasteiger partial charge in [0.1, 0.15) is 11.5 Å². The Labute approximate surface area is 125 Å². The summed E-state index contributed by atoms with van der Waals surface area (Å²) in [5.74, 6) is -0.727. The van der Waals surface area contributed by atoms with Gasteiger partial charge in [-0.2, -0.15) is 5.10 Å². The molecule has 0 aliphatic heterocycles. The highest BCUT2D eigenvalue weighted by molar-refractivity contribution is 5.63. The highest BCUT2D eigenvalue weighted by Crippen LogP contribution is 2.30. The summed E-state index contributed by atoms with van der Waals surface area (Å²) in [7, 11) is 0. The molecule has 0 radical (unpaired) electrons. The van der Waals surface area contributed by atoms with Crippen LogP contribution in [0.25, 0.3) is 5.65 Å². The fourth-order valence-corrected chi connectivity index (χ4v) is 2.25. The smallest absolute Gasteiger partial charge is 0.157 e. The number of anilines is 3. The number of hydrogen-bond acceptors (Lipinski definition) is 4. The quantitative estimate of drug-likeness (QED) is 0.776. The standard InChI is InChI=1S/C15H13F2N5/c16-11-7-10(8-12(17)15(11)20-9-1-2-9)19-13-4-6-22-14(21-13)3-5-18-22/h3-9,20H,1-2H2,(H,19,21). The first-order valence-corrected chi connectivity index (χ1v) is 7.02. The first kappa shape index (κ1) is 13.0. The van der Waals surface area contributed by atoms with E-state index in [1.807, 2.05) is 0 Å². The van der Waals surface area contributed by atoms with Crippen LogP contribution in [0, 0.1) is 11.6 Å². The zero-order valence-electron chi connectivity index (χ0n) is 11.6. The average Bonchev–Trinajstić information content (AvgIpc) is 3.18. The first-order chi connectivity index (χ1) is 10.7. The molecule has 0 saturated heterocycles. The second-order valence-corrected chi connectivity index (χ2v) is 5.31. The van der Waals surface area contributed by atoms with Crippen LogP contribution in [0.5, 0.6) is 0 Å². The Morgan fingerprint density at radius 2 is 1.91 bits per heavy atom. The molecule has 0 bridgehead atoms. The number of rotatable bonds is 4. The van der Waals surface area contributed by atoms with Gasteiger partial charge in [0, 0.05) is 24.0 Å². The molecule has 2 N–H and O–H groups in total. The lowest BCUT2D eigenvalue weighted by molar-refractivity contribution is 0.589. The third-order valence-electron chi connectivity index (χ3n) is 3.50. The molecule has 1 fully saturated rings. The SMILES string of the molecule is Fc1cc(Nc2ccn3nccc3n2)cc(F)c1NC1CC1. The Bertz CT molecular complexity index is 818. The third kappa shape index (κ3) is 2.45. The van der Waals surface area contributed by atoms with Gasteiger partial charge in [-0.3, -0.25) is 0 Å². The predicted octanol–water partition coefficient (Wildman–Crippen LogP) is 3.33. The van der Waals surface area contributed by atoms with Crippen LogP contribution in [0.1, 0.15) is 12.8 Å². The number of halogens is 2. The predicted molar refractivity (Wildman–Crippen MR) is 79.3 cm³/mol. The second-order valence-electron chi connectivity index (χ2n) is 5.31. The van der Waals surface area contributed by atoms with Gasteiger partial charge < -0.3 is 10.6 Å². The lowest BCUT2D eigenvalue weighted by Crippen LogP contribution is -2.06. The summed E-state index contributed by atoms with van der Waals surface area (Å²) < 4.78 is 29.7. The van der Waals surface area contributed by atoms with Crippen LogP contribution in [0.3, 0.4) is 0 Å². The molecule has 7 heteroatoms. The highest BCUT2D eigenvalue weighted by atomic mass is 19.1. The van der Waals surface area contributed by atoms with E-state index in [9.17, 15) is 8.78 Å². The van der Waals surface area contributed by atoms with Gasteiger partial charge in [-0.25, -0.2) is 18.3 Å². The van der Waals surface area contributed by atoms with Gasteiger partial charge in [0.2, 0.25) is 0 Å². The minimum absolute atomic E-state index is 0.0627. The fourth-order valence-electron chi connectivity index (χ4n) is 2.25. The van der Waals surface area contributed by atoms with E-state index in [0.29, 0.717) is 17.2 Å². The molecule has 1 aliphatic rings. The third-order valence-corrected chi connectivity index (χ3v) is 3.50. The largest absolute Gasteiger partial charge is 0.378 e. The molecule has 0 atom stereocenters. The van der Waals surface area contributed by atoms with Gasteiger partial charge in [-0.15, -0.1) is 0 Å². The maximum Gasteiger partial charge on any atom is 0.157 e. The number of nitrogens with zero attached hydrogens (tertiary/aromatic N) is 3. The summed E-state index contributed by atoms with van der Waals surface area (Å²) in [6.45, 7) is 0. The van der Waals surface area contributed by atoms with E-state index in [1.165, 1.54) is 12.1 Å². The van der Waals surface area contributed by atoms with Gasteiger partial charge in [-0.05, 0) is 31.0 Å². The number of aromatic nitrogens is 3. The van der Waals surface area contributed by atoms with Gasteiger partial charge in [0.25, 0.3) is 0 Å². The van der Waals surface area contributed by atoms with Crippen molar-refractivity contribution in [2.24, 2.45) is 0 Å². The molecule has 0 unspecified atom stereocenters. The summed E-state index contributed by atoms with van der Waals surface area (Å²) in [6.07, 6.45) is 5.26. The summed E-state index contributed by atoms with van der Waals surface area (Å²) in [4.78, 5) is 4.30. The van der Waals surface area contributed by atoms with Crippen LogP contribution < -0.4 is 10.6 Å². The van der Waals surface area contributed by atoms with Crippen molar-refractivity contribution in [3.63, 3.8) is 0 Å². The number of hydrogen-bond donors (Lipinski definition) is 2. The van der Waals surface area contributed by atoms with E-state index >= 15 is 0 Å². The van der Waals surface area contributed by atoms with Crippen molar-refractivity contribution in [3.05, 3.63) is 48.3 Å². The van der Waals surface area contributed by atoms with Gasteiger partial charge >= 0.3 is 0 Å². The molecule has 1 aromatic carbocycles. The Kier molecular flexibility index (Phi) is 2.92. The Morgan fingerprint density at radius 3 is 2.64 bits per heavy atom. The zero-order chi connectivity index (χ0) is 15.1. The van der Waals surface area contributed by atoms with E-state index in [-0.39, 0.29) is 11.7 Å². The summed E-state index contributed by atoms with van der Waals surface area (Å²) >= 11 is 0. The molecule has 4 rings (SSSR count). The second kappa shape index (κ2) is 4.94. The van der Waals surface area contributed by atoms with Crippen molar-refractivity contribution < 1.29 is 8.78 Å². The molecular formula is C15H13F2N5. The minimum atomic E-state index is -0.611. The Morgan fingerprint density at radius 1 is 1.14 bits per heavy atom. The van der Waals surface area contributed by atoms with Crippen LogP contribution in [-0.2, 0) is 0 Å². The highest BCUT2D eigenvalue weighted by Gasteiger charge is 2.24. The summed E-state index contributed by atoms with van der Waals surface area (Å²) in [6, 6.07) is 6.14. The molecule has 0 spiro atoms. The van der Waals surface area contributed by atoms with Gasteiger partial charge in [-0.1, -0.05) is 0 Å². The normalized spacial score (nSPS) is 14.3. The molecule has 1 saturated carbocycles. The van der Waals surface area contributed by atoms with Crippen LogP contribution >= 0.6 is 0 Å². The first-order valence-electron chi connectivity index (χ1n) is 7.02. The van der Waals surface area contributed by atoms with Crippen LogP contribution in [0.4, 0.5) is 26.0 Å². The minimum Gasteiger partial charge on any atom is -0.378 e. The van der Waals surface area contributed by atoms with Crippen molar-refractivity contribution in [3.8, 4) is 0 Å². The lowest BCUT2D eigenvalue weighted by Gasteiger charge is -2.11. The molecule has 0 amide bonds. The van der Waals surface area contributed by atoms with Gasteiger partial charge in [0.15, 0.2) is 17.3 Å². The van der Waals surface area contributed by atoms with Crippen molar-refractivity contribution in [1.29, 1.82) is 0 Å². The Balaban J connectivity index is 1.61. The molecule has 2 heterocycles. The molecular weight excluding hydrogens is 288 g/mol. The van der Waals surface area contributed by atoms with Gasteiger partial charge in [0.05, 0.1) is 6.20 Å². The van der Waals surface area contributed by atoms with E-state index in [0.717, 1.165) is 12.8 Å². The molecule has 112 valence electrons. The number of fused-ring (bicyclic) bond motifs is 1. The number of nitrogens with one attached hydrogen (secondary N) is 2. The van der Waals surface area contributed by atoms with Crippen molar-refractivity contribution in [2.45, 2.75) is 18.9 Å². The molecule has 5 nitrogen and oxygen atoms in total. The lowest BCUT2D eigenvalue weighted by atomic mass is 10.2. The van der Waals surface area contributed by atoms with E-state index in [4.69, 9.17) is 0 Å². The fraction of sp³-hybridized carbons (Fsp3) is 0.200. The van der Waals surface area contributed by atoms with E-state index in [2.05, 4.69) is 20.7 Å². The van der Waals surface area contributed by atoms with Crippen molar-refractivity contribution in [2.75, 3.05) is 10.6 Å².